The van der Waals surface area contributed by atoms with E-state index in [2.05, 4.69) is 6.92 Å². The maximum atomic E-state index is 5.89. The fourth-order valence-electron chi connectivity index (χ4n) is 2.03. The van der Waals surface area contributed by atoms with Crippen LogP contribution >= 0.6 is 0 Å². The highest BCUT2D eigenvalue weighted by Gasteiger charge is 2.09. The number of hydrogen-bond donors (Lipinski definition) is 1. The van der Waals surface area contributed by atoms with E-state index in [-0.39, 0.29) is 0 Å². The smallest absolute Gasteiger partial charge is 0.165 e. The summed E-state index contributed by atoms with van der Waals surface area (Å²) < 4.78 is 11.5. The Hall–Kier alpha value is -1.22. The summed E-state index contributed by atoms with van der Waals surface area (Å²) in [4.78, 5) is 0. The lowest BCUT2D eigenvalue weighted by atomic mass is 10.1. The standard InChI is InChI=1S/C16H27NO2/c1-3-5-6-7-8-12-19-16-14(13-17)10-9-11-15(16)18-4-2/h9-11H,3-8,12-13,17H2,1-2H3. The van der Waals surface area contributed by atoms with Gasteiger partial charge in [-0.1, -0.05) is 44.7 Å². The molecule has 3 nitrogen and oxygen atoms in total. The van der Waals surface area contributed by atoms with Crippen LogP contribution in [-0.4, -0.2) is 13.2 Å². The first-order valence-electron chi connectivity index (χ1n) is 7.41. The molecule has 0 aliphatic carbocycles. The molecule has 0 aliphatic rings. The second-order valence-electron chi connectivity index (χ2n) is 4.64. The van der Waals surface area contributed by atoms with Crippen molar-refractivity contribution in [1.29, 1.82) is 0 Å². The molecule has 2 N–H and O–H groups in total. The topological polar surface area (TPSA) is 44.5 Å². The molecule has 1 aromatic rings. The second-order valence-corrected chi connectivity index (χ2v) is 4.64. The van der Waals surface area contributed by atoms with Crippen LogP contribution in [0.5, 0.6) is 11.5 Å². The van der Waals surface area contributed by atoms with Crippen molar-refractivity contribution in [2.24, 2.45) is 5.73 Å². The lowest BCUT2D eigenvalue weighted by molar-refractivity contribution is 0.268. The summed E-state index contributed by atoms with van der Waals surface area (Å²) in [6, 6.07) is 5.89. The zero-order valence-corrected chi connectivity index (χ0v) is 12.3. The minimum Gasteiger partial charge on any atom is -0.490 e. The zero-order valence-electron chi connectivity index (χ0n) is 12.3. The number of hydrogen-bond acceptors (Lipinski definition) is 3. The van der Waals surface area contributed by atoms with Crippen molar-refractivity contribution >= 4 is 0 Å². The van der Waals surface area contributed by atoms with Crippen molar-refractivity contribution < 1.29 is 9.47 Å². The van der Waals surface area contributed by atoms with Crippen LogP contribution in [0.15, 0.2) is 18.2 Å². The zero-order chi connectivity index (χ0) is 13.9. The van der Waals surface area contributed by atoms with E-state index in [0.29, 0.717) is 13.2 Å². The molecular formula is C16H27NO2. The number of rotatable bonds is 10. The van der Waals surface area contributed by atoms with Crippen LogP contribution in [0.3, 0.4) is 0 Å². The summed E-state index contributed by atoms with van der Waals surface area (Å²) in [5.41, 5.74) is 6.76. The first kappa shape index (κ1) is 15.8. The molecule has 0 atom stereocenters. The molecule has 0 heterocycles. The predicted molar refractivity (Wildman–Crippen MR) is 79.8 cm³/mol. The summed E-state index contributed by atoms with van der Waals surface area (Å²) in [6.07, 6.45) is 6.18. The fourth-order valence-corrected chi connectivity index (χ4v) is 2.03. The molecule has 108 valence electrons. The molecule has 0 aromatic heterocycles. The SMILES string of the molecule is CCCCCCCOc1c(CN)cccc1OCC. The van der Waals surface area contributed by atoms with Crippen LogP contribution in [0.2, 0.25) is 0 Å². The van der Waals surface area contributed by atoms with Crippen LogP contribution in [0.1, 0.15) is 51.5 Å². The summed E-state index contributed by atoms with van der Waals surface area (Å²) in [6.45, 7) is 6.06. The number of unbranched alkanes of at least 4 members (excludes halogenated alkanes) is 4. The first-order chi connectivity index (χ1) is 9.33. The summed E-state index contributed by atoms with van der Waals surface area (Å²) in [5.74, 6) is 1.63. The van der Waals surface area contributed by atoms with Crippen molar-refractivity contribution in [2.45, 2.75) is 52.5 Å². The Morgan fingerprint density at radius 1 is 1.00 bits per heavy atom. The molecule has 0 spiro atoms. The van der Waals surface area contributed by atoms with Crippen molar-refractivity contribution in [1.82, 2.24) is 0 Å². The molecule has 0 unspecified atom stereocenters. The van der Waals surface area contributed by atoms with Crippen molar-refractivity contribution in [3.05, 3.63) is 23.8 Å². The lowest BCUT2D eigenvalue weighted by Crippen LogP contribution is -2.06. The number of benzene rings is 1. The highest BCUT2D eigenvalue weighted by Crippen LogP contribution is 2.31. The molecule has 0 radical (unpaired) electrons. The van der Waals surface area contributed by atoms with Gasteiger partial charge in [-0.25, -0.2) is 0 Å². The average molecular weight is 265 g/mol. The van der Waals surface area contributed by atoms with Gasteiger partial charge in [-0.2, -0.15) is 0 Å². The van der Waals surface area contributed by atoms with Crippen molar-refractivity contribution in [3.63, 3.8) is 0 Å². The Labute approximate surface area is 117 Å². The fraction of sp³-hybridized carbons (Fsp3) is 0.625. The van der Waals surface area contributed by atoms with E-state index in [1.165, 1.54) is 25.7 Å². The Kier molecular flexibility index (Phi) is 8.07. The molecule has 1 aromatic carbocycles. The van der Waals surface area contributed by atoms with E-state index in [0.717, 1.165) is 30.1 Å². The molecule has 0 fully saturated rings. The van der Waals surface area contributed by atoms with Gasteiger partial charge in [0.15, 0.2) is 11.5 Å². The van der Waals surface area contributed by atoms with E-state index in [4.69, 9.17) is 15.2 Å². The van der Waals surface area contributed by atoms with Gasteiger partial charge in [0, 0.05) is 12.1 Å². The van der Waals surface area contributed by atoms with Gasteiger partial charge in [-0.15, -0.1) is 0 Å². The molecule has 0 aliphatic heterocycles. The highest BCUT2D eigenvalue weighted by molar-refractivity contribution is 5.46. The third kappa shape index (κ3) is 5.52. The van der Waals surface area contributed by atoms with Crippen molar-refractivity contribution in [2.75, 3.05) is 13.2 Å². The largest absolute Gasteiger partial charge is 0.490 e. The van der Waals surface area contributed by atoms with Gasteiger partial charge in [-0.05, 0) is 19.4 Å². The quantitative estimate of drug-likeness (QED) is 0.653. The summed E-state index contributed by atoms with van der Waals surface area (Å²) >= 11 is 0. The first-order valence-corrected chi connectivity index (χ1v) is 7.41. The summed E-state index contributed by atoms with van der Waals surface area (Å²) in [5, 5.41) is 0. The summed E-state index contributed by atoms with van der Waals surface area (Å²) in [7, 11) is 0. The highest BCUT2D eigenvalue weighted by atomic mass is 16.5. The minimum atomic E-state index is 0.478. The van der Waals surface area contributed by atoms with E-state index < -0.39 is 0 Å². The van der Waals surface area contributed by atoms with Gasteiger partial charge >= 0.3 is 0 Å². The molecule has 19 heavy (non-hydrogen) atoms. The van der Waals surface area contributed by atoms with Gasteiger partial charge in [-0.3, -0.25) is 0 Å². The van der Waals surface area contributed by atoms with Crippen LogP contribution in [0, 0.1) is 0 Å². The third-order valence-electron chi connectivity index (χ3n) is 3.07. The number of nitrogens with two attached hydrogens (primary N) is 1. The Balaban J connectivity index is 2.50. The lowest BCUT2D eigenvalue weighted by Gasteiger charge is -2.15. The molecular weight excluding hydrogens is 238 g/mol. The normalized spacial score (nSPS) is 10.5. The number of ether oxygens (including phenoxy) is 2. The van der Waals surface area contributed by atoms with Crippen molar-refractivity contribution in [3.8, 4) is 11.5 Å². The number of para-hydroxylation sites is 1. The van der Waals surface area contributed by atoms with Crippen LogP contribution < -0.4 is 15.2 Å². The van der Waals surface area contributed by atoms with Gasteiger partial charge in [0.25, 0.3) is 0 Å². The third-order valence-corrected chi connectivity index (χ3v) is 3.07. The maximum Gasteiger partial charge on any atom is 0.165 e. The second kappa shape index (κ2) is 9.68. The van der Waals surface area contributed by atoms with Gasteiger partial charge in [0.2, 0.25) is 0 Å². The van der Waals surface area contributed by atoms with Gasteiger partial charge in [0.1, 0.15) is 0 Å². The van der Waals surface area contributed by atoms with Gasteiger partial charge < -0.3 is 15.2 Å². The van der Waals surface area contributed by atoms with Crippen LogP contribution in [0.25, 0.3) is 0 Å². The Morgan fingerprint density at radius 2 is 1.79 bits per heavy atom. The average Bonchev–Trinajstić information content (AvgIpc) is 2.44. The molecule has 0 saturated carbocycles. The minimum absolute atomic E-state index is 0.478. The van der Waals surface area contributed by atoms with Crippen LogP contribution in [-0.2, 0) is 6.54 Å². The monoisotopic (exact) mass is 265 g/mol. The predicted octanol–water partition coefficient (Wildman–Crippen LogP) is 3.89. The molecule has 3 heteroatoms. The van der Waals surface area contributed by atoms with Crippen LogP contribution in [0.4, 0.5) is 0 Å². The molecule has 1 rings (SSSR count). The maximum absolute atomic E-state index is 5.89. The van der Waals surface area contributed by atoms with E-state index in [9.17, 15) is 0 Å². The molecule has 0 saturated heterocycles. The molecule has 0 amide bonds. The van der Waals surface area contributed by atoms with E-state index in [1.807, 2.05) is 25.1 Å². The van der Waals surface area contributed by atoms with Gasteiger partial charge in [0.05, 0.1) is 13.2 Å². The van der Waals surface area contributed by atoms with E-state index >= 15 is 0 Å². The van der Waals surface area contributed by atoms with E-state index in [1.54, 1.807) is 0 Å². The Bertz CT molecular complexity index is 353. The molecule has 0 bridgehead atoms. The Morgan fingerprint density at radius 3 is 2.47 bits per heavy atom.